The molecule has 4 aromatic rings. The molecule has 0 aliphatic carbocycles. The Balaban J connectivity index is 1.27. The first-order chi connectivity index (χ1) is 21.0. The van der Waals surface area contributed by atoms with E-state index in [0.29, 0.717) is 22.9 Å². The Labute approximate surface area is 251 Å². The number of halogens is 1. The van der Waals surface area contributed by atoms with Crippen LogP contribution in [0.1, 0.15) is 30.1 Å². The van der Waals surface area contributed by atoms with Crippen molar-refractivity contribution >= 4 is 49.7 Å². The van der Waals surface area contributed by atoms with Gasteiger partial charge in [-0.3, -0.25) is 14.9 Å². The van der Waals surface area contributed by atoms with Gasteiger partial charge in [-0.05, 0) is 43.3 Å². The number of rotatable bonds is 8. The standard InChI is InChI=1S/C29H29FN6O7S/c1-18-16-43-28-25(14-19-8-11-31-26(19)33-28)35(18)23-5-3-2-4-21(23)27(37)34-44(40,41)20-6-7-22(24(15-20)36(38)39)32-17-29(30)9-12-42-13-10-29/h2-8,11,14-15,18,32H,9-10,12-13,16-17H2,1H3,(H,31,33)(H,34,37). The Morgan fingerprint density at radius 1 is 1.18 bits per heavy atom. The number of aromatic amines is 1. The van der Waals surface area contributed by atoms with Gasteiger partial charge >= 0.3 is 0 Å². The zero-order chi connectivity index (χ0) is 31.1. The third-order valence-corrected chi connectivity index (χ3v) is 9.07. The Bertz CT molecular complexity index is 1860. The van der Waals surface area contributed by atoms with Gasteiger partial charge in [-0.15, -0.1) is 0 Å². The third kappa shape index (κ3) is 5.63. The van der Waals surface area contributed by atoms with Crippen LogP contribution in [-0.2, 0) is 14.8 Å². The molecule has 1 atom stereocenters. The number of sulfonamides is 1. The number of carbonyl (C=O) groups is 1. The SMILES string of the molecule is CC1COc2nc3[nH]ccc3cc2N1c1ccccc1C(=O)NS(=O)(=O)c1ccc(NCC2(F)CCOCC2)c([N+](=O)[O-])c1. The number of fused-ring (bicyclic) bond motifs is 2. The summed E-state index contributed by atoms with van der Waals surface area (Å²) in [5, 5.41) is 15.4. The summed E-state index contributed by atoms with van der Waals surface area (Å²) in [4.78, 5) is 33.5. The van der Waals surface area contributed by atoms with Crippen molar-refractivity contribution in [1.82, 2.24) is 14.7 Å². The first kappa shape index (κ1) is 29.3. The zero-order valence-corrected chi connectivity index (χ0v) is 24.4. The molecule has 2 aliphatic rings. The minimum absolute atomic E-state index is 0.0424. The molecular weight excluding hydrogens is 595 g/mol. The van der Waals surface area contributed by atoms with Crippen molar-refractivity contribution < 1.29 is 32.0 Å². The molecule has 230 valence electrons. The Kier molecular flexibility index (Phi) is 7.59. The van der Waals surface area contributed by atoms with E-state index in [1.54, 1.807) is 24.4 Å². The van der Waals surface area contributed by atoms with Gasteiger partial charge in [0.15, 0.2) is 0 Å². The van der Waals surface area contributed by atoms with Gasteiger partial charge in [0.25, 0.3) is 21.6 Å². The number of pyridine rings is 1. The smallest absolute Gasteiger partial charge is 0.293 e. The predicted octanol–water partition coefficient (Wildman–Crippen LogP) is 4.44. The van der Waals surface area contributed by atoms with Crippen LogP contribution < -0.4 is 19.7 Å². The lowest BCUT2D eigenvalue weighted by Crippen LogP contribution is -2.39. The highest BCUT2D eigenvalue weighted by Gasteiger charge is 2.34. The number of nitro groups is 1. The van der Waals surface area contributed by atoms with Gasteiger partial charge in [-0.2, -0.15) is 4.98 Å². The van der Waals surface area contributed by atoms with Crippen LogP contribution in [0.4, 0.5) is 27.1 Å². The molecule has 6 rings (SSSR count). The highest BCUT2D eigenvalue weighted by Crippen LogP contribution is 2.41. The van der Waals surface area contributed by atoms with Gasteiger partial charge in [0, 0.05) is 50.2 Å². The number of nitrogens with one attached hydrogen (secondary N) is 3. The van der Waals surface area contributed by atoms with Crippen molar-refractivity contribution in [2.24, 2.45) is 0 Å². The number of hydrogen-bond donors (Lipinski definition) is 3. The van der Waals surface area contributed by atoms with Crippen LogP contribution in [-0.4, -0.2) is 67.3 Å². The van der Waals surface area contributed by atoms with Crippen LogP contribution in [0.25, 0.3) is 11.0 Å². The third-order valence-electron chi connectivity index (χ3n) is 7.74. The fourth-order valence-electron chi connectivity index (χ4n) is 5.37. The van der Waals surface area contributed by atoms with E-state index >= 15 is 4.39 Å². The van der Waals surface area contributed by atoms with Crippen molar-refractivity contribution in [3.8, 4) is 5.88 Å². The summed E-state index contributed by atoms with van der Waals surface area (Å²) in [5.41, 5.74) is -0.500. The van der Waals surface area contributed by atoms with E-state index in [-0.39, 0.29) is 56.5 Å². The van der Waals surface area contributed by atoms with E-state index in [9.17, 15) is 23.3 Å². The molecule has 4 heterocycles. The molecule has 1 unspecified atom stereocenters. The number of H-pyrrole nitrogens is 1. The number of para-hydroxylation sites is 1. The van der Waals surface area contributed by atoms with Crippen molar-refractivity contribution in [1.29, 1.82) is 0 Å². The van der Waals surface area contributed by atoms with Gasteiger partial charge in [0.05, 0.1) is 27.1 Å². The summed E-state index contributed by atoms with van der Waals surface area (Å²) in [7, 11) is -4.55. The van der Waals surface area contributed by atoms with Crippen LogP contribution in [0.5, 0.6) is 5.88 Å². The van der Waals surface area contributed by atoms with Gasteiger partial charge in [0.2, 0.25) is 5.88 Å². The van der Waals surface area contributed by atoms with Gasteiger partial charge in [-0.1, -0.05) is 12.1 Å². The fraction of sp³-hybridized carbons (Fsp3) is 0.310. The predicted molar refractivity (Wildman–Crippen MR) is 160 cm³/mol. The Morgan fingerprint density at radius 3 is 2.73 bits per heavy atom. The van der Waals surface area contributed by atoms with Crippen molar-refractivity contribution in [2.45, 2.75) is 36.4 Å². The van der Waals surface area contributed by atoms with Gasteiger partial charge in [-0.25, -0.2) is 17.5 Å². The number of amides is 1. The number of ether oxygens (including phenoxy) is 2. The van der Waals surface area contributed by atoms with Crippen LogP contribution in [0.15, 0.2) is 65.7 Å². The fourth-order valence-corrected chi connectivity index (χ4v) is 6.36. The monoisotopic (exact) mass is 624 g/mol. The molecule has 0 spiro atoms. The van der Waals surface area contributed by atoms with E-state index in [1.165, 1.54) is 12.1 Å². The molecule has 0 saturated carbocycles. The second-order valence-corrected chi connectivity index (χ2v) is 12.4. The van der Waals surface area contributed by atoms with Gasteiger partial charge < -0.3 is 24.7 Å². The first-order valence-electron chi connectivity index (χ1n) is 13.9. The summed E-state index contributed by atoms with van der Waals surface area (Å²) in [6.45, 7) is 2.44. The lowest BCUT2D eigenvalue weighted by molar-refractivity contribution is -0.384. The minimum atomic E-state index is -4.55. The second kappa shape index (κ2) is 11.4. The number of nitrogens with zero attached hydrogens (tertiary/aromatic N) is 3. The lowest BCUT2D eigenvalue weighted by Gasteiger charge is -2.37. The van der Waals surface area contributed by atoms with Gasteiger partial charge in [0.1, 0.15) is 29.3 Å². The zero-order valence-electron chi connectivity index (χ0n) is 23.6. The number of aromatic nitrogens is 2. The molecule has 3 N–H and O–H groups in total. The van der Waals surface area contributed by atoms with E-state index in [4.69, 9.17) is 9.47 Å². The number of hydrogen-bond acceptors (Lipinski definition) is 10. The number of alkyl halides is 1. The normalized spacial score (nSPS) is 17.9. The maximum atomic E-state index is 15.0. The molecule has 0 bridgehead atoms. The molecule has 1 saturated heterocycles. The summed E-state index contributed by atoms with van der Waals surface area (Å²) in [5.74, 6) is -0.572. The average molecular weight is 625 g/mol. The maximum absolute atomic E-state index is 15.0. The average Bonchev–Trinajstić information content (AvgIpc) is 3.46. The Morgan fingerprint density at radius 2 is 1.95 bits per heavy atom. The maximum Gasteiger partial charge on any atom is 0.293 e. The van der Waals surface area contributed by atoms with E-state index in [2.05, 4.69) is 15.3 Å². The van der Waals surface area contributed by atoms with E-state index < -0.39 is 37.1 Å². The van der Waals surface area contributed by atoms with Crippen molar-refractivity contribution in [3.05, 3.63) is 76.5 Å². The summed E-state index contributed by atoms with van der Waals surface area (Å²) in [6, 6.07) is 13.1. The van der Waals surface area contributed by atoms with Crippen molar-refractivity contribution in [3.63, 3.8) is 0 Å². The molecule has 0 radical (unpaired) electrons. The summed E-state index contributed by atoms with van der Waals surface area (Å²) < 4.78 is 54.8. The largest absolute Gasteiger partial charge is 0.474 e. The molecule has 44 heavy (non-hydrogen) atoms. The molecule has 1 amide bonds. The number of benzene rings is 2. The lowest BCUT2D eigenvalue weighted by atomic mass is 9.96. The van der Waals surface area contributed by atoms with Crippen LogP contribution in [0.3, 0.4) is 0 Å². The Hall–Kier alpha value is -4.76. The number of carbonyl (C=O) groups excluding carboxylic acids is 1. The molecule has 2 aromatic carbocycles. The number of anilines is 3. The summed E-state index contributed by atoms with van der Waals surface area (Å²) in [6.07, 6.45) is 2.02. The minimum Gasteiger partial charge on any atom is -0.474 e. The molecule has 13 nitrogen and oxygen atoms in total. The van der Waals surface area contributed by atoms with Crippen LogP contribution in [0.2, 0.25) is 0 Å². The topological polar surface area (TPSA) is 169 Å². The van der Waals surface area contributed by atoms with Crippen LogP contribution >= 0.6 is 0 Å². The second-order valence-electron chi connectivity index (χ2n) is 10.8. The molecular formula is C29H29FN6O7S. The molecule has 2 aliphatic heterocycles. The number of nitro benzene ring substituents is 1. The molecule has 1 fully saturated rings. The first-order valence-corrected chi connectivity index (χ1v) is 15.4. The van der Waals surface area contributed by atoms with Crippen LogP contribution in [0, 0.1) is 10.1 Å². The molecule has 15 heteroatoms. The highest BCUT2D eigenvalue weighted by molar-refractivity contribution is 7.90. The summed E-state index contributed by atoms with van der Waals surface area (Å²) >= 11 is 0. The highest BCUT2D eigenvalue weighted by atomic mass is 32.2. The van der Waals surface area contributed by atoms with E-state index in [1.807, 2.05) is 28.7 Å². The van der Waals surface area contributed by atoms with E-state index in [0.717, 1.165) is 17.5 Å². The molecule has 2 aromatic heterocycles. The van der Waals surface area contributed by atoms with Crippen molar-refractivity contribution in [2.75, 3.05) is 36.6 Å². The quantitative estimate of drug-likeness (QED) is 0.188.